The lowest BCUT2D eigenvalue weighted by Gasteiger charge is -2.24. The summed E-state index contributed by atoms with van der Waals surface area (Å²) in [4.78, 5) is 11.7. The lowest BCUT2D eigenvalue weighted by atomic mass is 10.1. The normalized spacial score (nSPS) is 13.6. The van der Waals surface area contributed by atoms with Crippen molar-refractivity contribution in [3.63, 3.8) is 0 Å². The third kappa shape index (κ3) is 7.84. The maximum absolute atomic E-state index is 12.4. The van der Waals surface area contributed by atoms with Crippen molar-refractivity contribution in [1.82, 2.24) is 5.32 Å². The first-order chi connectivity index (χ1) is 9.57. The quantitative estimate of drug-likeness (QED) is 0.887. The van der Waals surface area contributed by atoms with E-state index in [0.717, 1.165) is 0 Å². The van der Waals surface area contributed by atoms with E-state index in [1.54, 1.807) is 51.1 Å². The molecule has 1 rings (SSSR count). The van der Waals surface area contributed by atoms with Crippen molar-refractivity contribution < 1.29 is 22.7 Å². The van der Waals surface area contributed by atoms with Gasteiger partial charge in [0.05, 0.1) is 6.04 Å². The summed E-state index contributed by atoms with van der Waals surface area (Å²) >= 11 is -0.174. The van der Waals surface area contributed by atoms with Crippen LogP contribution >= 0.6 is 11.8 Å². The minimum absolute atomic E-state index is 0.174. The summed E-state index contributed by atoms with van der Waals surface area (Å²) in [7, 11) is 0. The SMILES string of the molecule is CC(C)(C)OC(=O)NC(CSC(F)(F)F)c1ccccc1. The average molecular weight is 321 g/mol. The van der Waals surface area contributed by atoms with E-state index in [2.05, 4.69) is 5.32 Å². The molecule has 7 heteroatoms. The molecule has 0 radical (unpaired) electrons. The standard InChI is InChI=1S/C14H18F3NO2S/c1-13(2,3)20-12(19)18-11(9-21-14(15,16)17)10-7-5-4-6-8-10/h4-8,11H,9H2,1-3H3,(H,18,19). The number of thioether (sulfide) groups is 1. The lowest BCUT2D eigenvalue weighted by molar-refractivity contribution is -0.0329. The fraction of sp³-hybridized carbons (Fsp3) is 0.500. The molecule has 0 aliphatic carbocycles. The molecular weight excluding hydrogens is 303 g/mol. The molecule has 0 fully saturated rings. The molecule has 1 atom stereocenters. The summed E-state index contributed by atoms with van der Waals surface area (Å²) in [5.41, 5.74) is -4.45. The first-order valence-electron chi connectivity index (χ1n) is 6.32. The Labute approximate surface area is 126 Å². The molecule has 1 amide bonds. The molecule has 1 N–H and O–H groups in total. The van der Waals surface area contributed by atoms with Gasteiger partial charge < -0.3 is 10.1 Å². The highest BCUT2D eigenvalue weighted by atomic mass is 32.2. The summed E-state index contributed by atoms with van der Waals surface area (Å²) in [6.45, 7) is 5.07. The van der Waals surface area contributed by atoms with Crippen LogP contribution < -0.4 is 5.32 Å². The first-order valence-corrected chi connectivity index (χ1v) is 7.30. The highest BCUT2D eigenvalue weighted by molar-refractivity contribution is 8.00. The van der Waals surface area contributed by atoms with Crippen LogP contribution in [0.3, 0.4) is 0 Å². The molecule has 0 saturated heterocycles. The molecule has 0 aliphatic rings. The molecule has 0 aliphatic heterocycles. The molecule has 1 aromatic rings. The average Bonchev–Trinajstić information content (AvgIpc) is 2.32. The number of hydrogen-bond acceptors (Lipinski definition) is 3. The molecule has 1 unspecified atom stereocenters. The van der Waals surface area contributed by atoms with Crippen molar-refractivity contribution in [3.8, 4) is 0 Å². The third-order valence-corrected chi connectivity index (χ3v) is 3.13. The van der Waals surface area contributed by atoms with Crippen molar-refractivity contribution in [2.24, 2.45) is 0 Å². The second kappa shape index (κ2) is 7.06. The van der Waals surface area contributed by atoms with Gasteiger partial charge in [0.2, 0.25) is 0 Å². The van der Waals surface area contributed by atoms with Gasteiger partial charge >= 0.3 is 11.6 Å². The third-order valence-electron chi connectivity index (χ3n) is 2.31. The molecule has 3 nitrogen and oxygen atoms in total. The van der Waals surface area contributed by atoms with Crippen LogP contribution in [0.2, 0.25) is 0 Å². The van der Waals surface area contributed by atoms with Crippen molar-refractivity contribution in [2.75, 3.05) is 5.75 Å². The number of halogens is 3. The number of carbonyl (C=O) groups is 1. The van der Waals surface area contributed by atoms with Crippen molar-refractivity contribution >= 4 is 17.9 Å². The molecule has 0 heterocycles. The van der Waals surface area contributed by atoms with Gasteiger partial charge in [0, 0.05) is 5.75 Å². The molecule has 0 bridgehead atoms. The van der Waals surface area contributed by atoms with Gasteiger partial charge in [-0.15, -0.1) is 0 Å². The maximum atomic E-state index is 12.4. The summed E-state index contributed by atoms with van der Waals surface area (Å²) in [5, 5.41) is 2.48. The smallest absolute Gasteiger partial charge is 0.441 e. The highest BCUT2D eigenvalue weighted by Gasteiger charge is 2.31. The number of benzene rings is 1. The van der Waals surface area contributed by atoms with Gasteiger partial charge in [0.15, 0.2) is 0 Å². The Kier molecular flexibility index (Phi) is 5.95. The molecule has 0 saturated carbocycles. The van der Waals surface area contributed by atoms with E-state index in [1.165, 1.54) is 0 Å². The topological polar surface area (TPSA) is 38.3 Å². The lowest BCUT2D eigenvalue weighted by Crippen LogP contribution is -2.36. The molecular formula is C14H18F3NO2S. The van der Waals surface area contributed by atoms with Gasteiger partial charge in [-0.1, -0.05) is 30.3 Å². The Morgan fingerprint density at radius 1 is 1.24 bits per heavy atom. The number of hydrogen-bond donors (Lipinski definition) is 1. The van der Waals surface area contributed by atoms with Gasteiger partial charge in [0.1, 0.15) is 5.60 Å². The van der Waals surface area contributed by atoms with Crippen LogP contribution in [0.25, 0.3) is 0 Å². The Bertz CT molecular complexity index is 458. The zero-order chi connectivity index (χ0) is 16.1. The van der Waals surface area contributed by atoms with E-state index in [1.807, 2.05) is 0 Å². The van der Waals surface area contributed by atoms with E-state index in [0.29, 0.717) is 5.56 Å². The number of rotatable bonds is 4. The highest BCUT2D eigenvalue weighted by Crippen LogP contribution is 2.33. The number of carbonyl (C=O) groups excluding carboxylic acids is 1. The van der Waals surface area contributed by atoms with Crippen LogP contribution in [0.4, 0.5) is 18.0 Å². The van der Waals surface area contributed by atoms with Crippen molar-refractivity contribution in [3.05, 3.63) is 35.9 Å². The van der Waals surface area contributed by atoms with Crippen LogP contribution in [0, 0.1) is 0 Å². The fourth-order valence-electron chi connectivity index (χ4n) is 1.53. The largest absolute Gasteiger partial charge is 0.444 e. The zero-order valence-corrected chi connectivity index (χ0v) is 12.8. The fourth-order valence-corrected chi connectivity index (χ4v) is 2.17. The molecule has 0 spiro atoms. The van der Waals surface area contributed by atoms with Gasteiger partial charge in [-0.05, 0) is 38.1 Å². The van der Waals surface area contributed by atoms with E-state index < -0.39 is 23.2 Å². The van der Waals surface area contributed by atoms with E-state index in [9.17, 15) is 18.0 Å². The predicted octanol–water partition coefficient (Wildman–Crippen LogP) is 4.51. The van der Waals surface area contributed by atoms with Crippen LogP contribution in [-0.4, -0.2) is 23.0 Å². The minimum atomic E-state index is -4.34. The van der Waals surface area contributed by atoms with E-state index in [4.69, 9.17) is 4.74 Å². The molecule has 1 aromatic carbocycles. The second-order valence-electron chi connectivity index (χ2n) is 5.37. The van der Waals surface area contributed by atoms with E-state index in [-0.39, 0.29) is 17.5 Å². The summed E-state index contributed by atoms with van der Waals surface area (Å²) in [6.07, 6.45) is -0.737. The van der Waals surface area contributed by atoms with Crippen LogP contribution in [0.1, 0.15) is 32.4 Å². The molecule has 21 heavy (non-hydrogen) atoms. The number of alkyl halides is 3. The Morgan fingerprint density at radius 3 is 2.29 bits per heavy atom. The Hall–Kier alpha value is -1.37. The molecule has 118 valence electrons. The number of alkyl carbamates (subject to hydrolysis) is 1. The van der Waals surface area contributed by atoms with Crippen LogP contribution in [0.5, 0.6) is 0 Å². The van der Waals surface area contributed by atoms with Crippen LogP contribution in [-0.2, 0) is 4.74 Å². The Balaban J connectivity index is 2.75. The van der Waals surface area contributed by atoms with Gasteiger partial charge in [0.25, 0.3) is 0 Å². The summed E-state index contributed by atoms with van der Waals surface area (Å²) in [6, 6.07) is 7.73. The predicted molar refractivity (Wildman–Crippen MR) is 77.1 cm³/mol. The zero-order valence-electron chi connectivity index (χ0n) is 12.0. The van der Waals surface area contributed by atoms with Gasteiger partial charge in [-0.2, -0.15) is 13.2 Å². The first kappa shape index (κ1) is 17.7. The number of nitrogens with one attached hydrogen (secondary N) is 1. The van der Waals surface area contributed by atoms with Gasteiger partial charge in [-0.3, -0.25) is 0 Å². The minimum Gasteiger partial charge on any atom is -0.444 e. The van der Waals surface area contributed by atoms with Gasteiger partial charge in [-0.25, -0.2) is 4.79 Å². The monoisotopic (exact) mass is 321 g/mol. The summed E-state index contributed by atoms with van der Waals surface area (Å²) < 4.78 is 42.2. The number of amides is 1. The van der Waals surface area contributed by atoms with Crippen molar-refractivity contribution in [2.45, 2.75) is 37.9 Å². The summed E-state index contributed by atoms with van der Waals surface area (Å²) in [5.74, 6) is -0.313. The van der Waals surface area contributed by atoms with Crippen LogP contribution in [0.15, 0.2) is 30.3 Å². The number of ether oxygens (including phenoxy) is 1. The van der Waals surface area contributed by atoms with Crippen molar-refractivity contribution in [1.29, 1.82) is 0 Å². The van der Waals surface area contributed by atoms with E-state index >= 15 is 0 Å². The Morgan fingerprint density at radius 2 is 1.81 bits per heavy atom. The second-order valence-corrected chi connectivity index (χ2v) is 6.45. The maximum Gasteiger partial charge on any atom is 0.441 e. The molecule has 0 aromatic heterocycles.